The van der Waals surface area contributed by atoms with E-state index in [4.69, 9.17) is 14.2 Å². The number of rotatable bonds is 12. The van der Waals surface area contributed by atoms with Crippen LogP contribution < -0.4 is 14.8 Å². The highest BCUT2D eigenvalue weighted by molar-refractivity contribution is 5.78. The lowest BCUT2D eigenvalue weighted by atomic mass is 10.2. The van der Waals surface area contributed by atoms with Gasteiger partial charge in [0.15, 0.2) is 11.5 Å². The third kappa shape index (κ3) is 7.46. The van der Waals surface area contributed by atoms with Gasteiger partial charge in [-0.15, -0.1) is 0 Å². The van der Waals surface area contributed by atoms with Crippen molar-refractivity contribution in [2.24, 2.45) is 5.92 Å². The van der Waals surface area contributed by atoms with Gasteiger partial charge in [-0.1, -0.05) is 6.07 Å². The van der Waals surface area contributed by atoms with Gasteiger partial charge in [0, 0.05) is 19.6 Å². The van der Waals surface area contributed by atoms with Crippen LogP contribution in [0.2, 0.25) is 0 Å². The Labute approximate surface area is 161 Å². The molecule has 1 aromatic rings. The number of methoxy groups -OCH3 is 2. The molecule has 1 saturated carbocycles. The Morgan fingerprint density at radius 3 is 2.56 bits per heavy atom. The van der Waals surface area contributed by atoms with Crippen LogP contribution in [-0.4, -0.2) is 57.2 Å². The number of ether oxygens (including phenoxy) is 3. The zero-order valence-electron chi connectivity index (χ0n) is 16.5. The Morgan fingerprint density at radius 1 is 1.19 bits per heavy atom. The maximum atomic E-state index is 12.4. The number of carbonyl (C=O) groups is 2. The van der Waals surface area contributed by atoms with Crippen molar-refractivity contribution in [3.63, 3.8) is 0 Å². The molecule has 7 heteroatoms. The molecule has 7 nitrogen and oxygen atoms in total. The smallest absolute Gasteiger partial charge is 0.307 e. The van der Waals surface area contributed by atoms with Gasteiger partial charge in [-0.3, -0.25) is 14.5 Å². The number of benzene rings is 1. The first-order valence-corrected chi connectivity index (χ1v) is 9.41. The third-order valence-corrected chi connectivity index (χ3v) is 4.46. The molecule has 0 radical (unpaired) electrons. The van der Waals surface area contributed by atoms with E-state index in [1.165, 1.54) is 12.8 Å². The molecule has 150 valence electrons. The molecule has 27 heavy (non-hydrogen) atoms. The quantitative estimate of drug-likeness (QED) is 0.561. The maximum absolute atomic E-state index is 12.4. The van der Waals surface area contributed by atoms with Crippen molar-refractivity contribution in [3.05, 3.63) is 23.8 Å². The predicted octanol–water partition coefficient (Wildman–Crippen LogP) is 1.99. The van der Waals surface area contributed by atoms with Crippen LogP contribution in [-0.2, 0) is 20.9 Å². The topological polar surface area (TPSA) is 77.1 Å². The zero-order valence-corrected chi connectivity index (χ0v) is 16.5. The lowest BCUT2D eigenvalue weighted by molar-refractivity contribution is -0.143. The summed E-state index contributed by atoms with van der Waals surface area (Å²) in [6.07, 6.45) is 2.70. The van der Waals surface area contributed by atoms with E-state index in [9.17, 15) is 9.59 Å². The summed E-state index contributed by atoms with van der Waals surface area (Å²) in [7, 11) is 3.17. The highest BCUT2D eigenvalue weighted by Crippen LogP contribution is 2.30. The third-order valence-electron chi connectivity index (χ3n) is 4.46. The molecule has 1 fully saturated rings. The standard InChI is InChI=1S/C20H30N2O5/c1-4-27-20(24)9-10-22(13-15-5-6-15)14-19(23)21-12-16-7-8-17(25-2)18(11-16)26-3/h7-8,11,15H,4-6,9-10,12-14H2,1-3H3,(H,21,23). The van der Waals surface area contributed by atoms with E-state index in [0.717, 1.165) is 12.1 Å². The summed E-state index contributed by atoms with van der Waals surface area (Å²) < 4.78 is 15.5. The highest BCUT2D eigenvalue weighted by atomic mass is 16.5. The van der Waals surface area contributed by atoms with E-state index in [2.05, 4.69) is 5.32 Å². The highest BCUT2D eigenvalue weighted by Gasteiger charge is 2.25. The molecule has 2 rings (SSSR count). The molecule has 1 aliphatic carbocycles. The van der Waals surface area contributed by atoms with Gasteiger partial charge in [0.25, 0.3) is 0 Å². The molecule has 1 amide bonds. The molecular weight excluding hydrogens is 348 g/mol. The van der Waals surface area contributed by atoms with Gasteiger partial charge in [0.05, 0.1) is 33.8 Å². The second kappa shape index (κ2) is 10.8. The molecule has 1 aliphatic rings. The van der Waals surface area contributed by atoms with Gasteiger partial charge in [0.1, 0.15) is 0 Å². The van der Waals surface area contributed by atoms with Crippen molar-refractivity contribution in [1.29, 1.82) is 0 Å². The van der Waals surface area contributed by atoms with Gasteiger partial charge in [0.2, 0.25) is 5.91 Å². The fourth-order valence-electron chi connectivity index (χ4n) is 2.83. The van der Waals surface area contributed by atoms with Crippen LogP contribution in [0.15, 0.2) is 18.2 Å². The molecule has 0 spiro atoms. The average molecular weight is 378 g/mol. The number of carbonyl (C=O) groups excluding carboxylic acids is 2. The zero-order chi connectivity index (χ0) is 19.6. The van der Waals surface area contributed by atoms with E-state index in [-0.39, 0.29) is 18.4 Å². The first-order valence-electron chi connectivity index (χ1n) is 9.41. The lowest BCUT2D eigenvalue weighted by Crippen LogP contribution is -2.39. The Hall–Kier alpha value is -2.28. The number of amides is 1. The molecule has 0 unspecified atom stereocenters. The first-order chi connectivity index (χ1) is 13.0. The van der Waals surface area contributed by atoms with Crippen LogP contribution >= 0.6 is 0 Å². The summed E-state index contributed by atoms with van der Waals surface area (Å²) in [5, 5.41) is 2.93. The maximum Gasteiger partial charge on any atom is 0.307 e. The molecular formula is C20H30N2O5. The van der Waals surface area contributed by atoms with Crippen LogP contribution in [0.5, 0.6) is 11.5 Å². The van der Waals surface area contributed by atoms with E-state index in [0.29, 0.717) is 43.5 Å². The Morgan fingerprint density at radius 2 is 1.93 bits per heavy atom. The number of hydrogen-bond acceptors (Lipinski definition) is 6. The molecule has 0 atom stereocenters. The molecule has 0 saturated heterocycles. The van der Waals surface area contributed by atoms with E-state index < -0.39 is 0 Å². The summed E-state index contributed by atoms with van der Waals surface area (Å²) >= 11 is 0. The minimum absolute atomic E-state index is 0.0608. The number of nitrogens with zero attached hydrogens (tertiary/aromatic N) is 1. The lowest BCUT2D eigenvalue weighted by Gasteiger charge is -2.21. The molecule has 0 bridgehead atoms. The van der Waals surface area contributed by atoms with Gasteiger partial charge in [-0.05, 0) is 43.4 Å². The van der Waals surface area contributed by atoms with E-state index in [1.54, 1.807) is 21.1 Å². The van der Waals surface area contributed by atoms with Crippen LogP contribution in [0.1, 0.15) is 31.7 Å². The number of nitrogens with one attached hydrogen (secondary N) is 1. The molecule has 1 N–H and O–H groups in total. The summed E-state index contributed by atoms with van der Waals surface area (Å²) in [6, 6.07) is 5.56. The monoisotopic (exact) mass is 378 g/mol. The van der Waals surface area contributed by atoms with Crippen LogP contribution in [0, 0.1) is 5.92 Å². The predicted molar refractivity (Wildman–Crippen MR) is 102 cm³/mol. The molecule has 0 heterocycles. The van der Waals surface area contributed by atoms with Crippen molar-refractivity contribution in [1.82, 2.24) is 10.2 Å². The van der Waals surface area contributed by atoms with Crippen molar-refractivity contribution >= 4 is 11.9 Å². The largest absolute Gasteiger partial charge is 0.493 e. The number of esters is 1. The first kappa shape index (κ1) is 21.0. The van der Waals surface area contributed by atoms with Crippen molar-refractivity contribution < 1.29 is 23.8 Å². The molecule has 0 aromatic heterocycles. The van der Waals surface area contributed by atoms with Gasteiger partial charge < -0.3 is 19.5 Å². The van der Waals surface area contributed by atoms with Crippen LogP contribution in [0.3, 0.4) is 0 Å². The summed E-state index contributed by atoms with van der Waals surface area (Å²) in [5.41, 5.74) is 0.932. The Bertz CT molecular complexity index is 631. The Balaban J connectivity index is 1.82. The average Bonchev–Trinajstić information content (AvgIpc) is 3.48. The van der Waals surface area contributed by atoms with Gasteiger partial charge >= 0.3 is 5.97 Å². The van der Waals surface area contributed by atoms with Crippen molar-refractivity contribution in [2.45, 2.75) is 32.7 Å². The van der Waals surface area contributed by atoms with Crippen LogP contribution in [0.25, 0.3) is 0 Å². The summed E-state index contributed by atoms with van der Waals surface area (Å²) in [5.74, 6) is 1.65. The van der Waals surface area contributed by atoms with Crippen LogP contribution in [0.4, 0.5) is 0 Å². The fourth-order valence-corrected chi connectivity index (χ4v) is 2.83. The normalized spacial score (nSPS) is 13.3. The second-order valence-corrected chi connectivity index (χ2v) is 6.70. The Kier molecular flexibility index (Phi) is 8.39. The summed E-state index contributed by atoms with van der Waals surface area (Å²) in [4.78, 5) is 26.0. The number of hydrogen-bond donors (Lipinski definition) is 1. The fraction of sp³-hybridized carbons (Fsp3) is 0.600. The van der Waals surface area contributed by atoms with Crippen molar-refractivity contribution in [3.8, 4) is 11.5 Å². The van der Waals surface area contributed by atoms with Gasteiger partial charge in [-0.25, -0.2) is 0 Å². The van der Waals surface area contributed by atoms with Crippen molar-refractivity contribution in [2.75, 3.05) is 40.5 Å². The minimum Gasteiger partial charge on any atom is -0.493 e. The van der Waals surface area contributed by atoms with Gasteiger partial charge in [-0.2, -0.15) is 0 Å². The summed E-state index contributed by atoms with van der Waals surface area (Å²) in [6.45, 7) is 4.26. The van der Waals surface area contributed by atoms with E-state index >= 15 is 0 Å². The molecule has 0 aliphatic heterocycles. The molecule has 1 aromatic carbocycles. The minimum atomic E-state index is -0.218. The second-order valence-electron chi connectivity index (χ2n) is 6.70. The van der Waals surface area contributed by atoms with E-state index in [1.807, 2.05) is 23.1 Å². The SMILES string of the molecule is CCOC(=O)CCN(CC(=O)NCc1ccc(OC)c(OC)c1)CC1CC1.